The van der Waals surface area contributed by atoms with Crippen LogP contribution in [0.2, 0.25) is 0 Å². The molecule has 150 valence electrons. The lowest BCUT2D eigenvalue weighted by atomic mass is 9.47. The van der Waals surface area contributed by atoms with Gasteiger partial charge in [-0.05, 0) is 75.0 Å². The molecule has 4 aliphatic rings. The predicted octanol–water partition coefficient (Wildman–Crippen LogP) is 4.20. The minimum Gasteiger partial charge on any atom is -0.462 e. The minimum atomic E-state index is -1.14. The van der Waals surface area contributed by atoms with Crippen molar-refractivity contribution in [2.24, 2.45) is 28.6 Å². The van der Waals surface area contributed by atoms with Crippen molar-refractivity contribution in [1.29, 1.82) is 0 Å². The molecule has 0 saturated heterocycles. The second-order valence-corrected chi connectivity index (χ2v) is 10.1. The highest BCUT2D eigenvalue weighted by Crippen LogP contribution is 2.67. The van der Waals surface area contributed by atoms with Crippen molar-refractivity contribution in [2.45, 2.75) is 90.8 Å². The van der Waals surface area contributed by atoms with Gasteiger partial charge in [-0.2, -0.15) is 0 Å². The first-order valence-corrected chi connectivity index (χ1v) is 10.7. The smallest absolute Gasteiger partial charge is 0.302 e. The number of hydrogen-bond acceptors (Lipinski definition) is 4. The summed E-state index contributed by atoms with van der Waals surface area (Å²) in [5.74, 6) is 1.36. The Balaban J connectivity index is 1.61. The summed E-state index contributed by atoms with van der Waals surface area (Å²) in [6.45, 7) is 7.64. The van der Waals surface area contributed by atoms with Crippen LogP contribution in [0.4, 0.5) is 0 Å². The van der Waals surface area contributed by atoms with Gasteiger partial charge < -0.3 is 9.84 Å². The van der Waals surface area contributed by atoms with Gasteiger partial charge in [0.05, 0.1) is 0 Å². The fraction of sp³-hybridized carbons (Fsp3) is 0.826. The molecule has 0 amide bonds. The van der Waals surface area contributed by atoms with Gasteiger partial charge >= 0.3 is 5.97 Å². The number of carbonyl (C=O) groups excluding carboxylic acids is 2. The van der Waals surface area contributed by atoms with Gasteiger partial charge in [0, 0.05) is 18.8 Å². The van der Waals surface area contributed by atoms with Crippen LogP contribution in [0.3, 0.4) is 0 Å². The Hall–Kier alpha value is -1.16. The Labute approximate surface area is 162 Å². The van der Waals surface area contributed by atoms with Gasteiger partial charge in [-0.3, -0.25) is 9.59 Å². The number of rotatable bonds is 2. The van der Waals surface area contributed by atoms with Crippen LogP contribution < -0.4 is 0 Å². The molecule has 0 spiro atoms. The van der Waals surface area contributed by atoms with E-state index >= 15 is 0 Å². The molecule has 0 aliphatic heterocycles. The van der Waals surface area contributed by atoms with E-state index < -0.39 is 5.60 Å². The molecule has 7 atom stereocenters. The van der Waals surface area contributed by atoms with Crippen LogP contribution in [0.1, 0.15) is 79.1 Å². The first-order chi connectivity index (χ1) is 12.6. The summed E-state index contributed by atoms with van der Waals surface area (Å²) in [6, 6.07) is 0. The van der Waals surface area contributed by atoms with Crippen molar-refractivity contribution in [3.05, 3.63) is 11.6 Å². The average molecular weight is 375 g/mol. The largest absolute Gasteiger partial charge is 0.462 e. The summed E-state index contributed by atoms with van der Waals surface area (Å²) in [5.41, 5.74) is 0.235. The predicted molar refractivity (Wildman–Crippen MR) is 103 cm³/mol. The molecular formula is C23H34O4. The normalized spacial score (nSPS) is 48.7. The molecule has 0 heterocycles. The molecule has 4 rings (SSSR count). The van der Waals surface area contributed by atoms with Crippen molar-refractivity contribution >= 4 is 11.8 Å². The van der Waals surface area contributed by atoms with E-state index in [0.717, 1.165) is 44.9 Å². The maximum absolute atomic E-state index is 12.3. The van der Waals surface area contributed by atoms with Crippen LogP contribution in [0.25, 0.3) is 0 Å². The Morgan fingerprint density at radius 3 is 2.44 bits per heavy atom. The van der Waals surface area contributed by atoms with E-state index in [1.165, 1.54) is 12.5 Å². The van der Waals surface area contributed by atoms with Crippen LogP contribution >= 0.6 is 0 Å². The second-order valence-electron chi connectivity index (χ2n) is 10.1. The molecule has 0 bridgehead atoms. The molecule has 0 aromatic rings. The highest BCUT2D eigenvalue weighted by Gasteiger charge is 2.65. The molecular weight excluding hydrogens is 340 g/mol. The zero-order valence-electron chi connectivity index (χ0n) is 17.2. The summed E-state index contributed by atoms with van der Waals surface area (Å²) in [5, 5.41) is 11.2. The molecule has 0 aromatic carbocycles. The minimum absolute atomic E-state index is 0.0292. The lowest BCUT2D eigenvalue weighted by Gasteiger charge is -2.58. The Morgan fingerprint density at radius 1 is 1.07 bits per heavy atom. The number of hydrogen-bond donors (Lipinski definition) is 1. The van der Waals surface area contributed by atoms with E-state index in [2.05, 4.69) is 19.9 Å². The SMILES string of the molecule is CC(=O)O[C@H]1CC[C@]2(C)C(=CC[C@H]3[C@H]4CC[C@](O)(C(C)=O)[C@]4(C)CC[C@@H]32)C1. The Morgan fingerprint density at radius 2 is 1.78 bits per heavy atom. The zero-order chi connectivity index (χ0) is 19.6. The van der Waals surface area contributed by atoms with Crippen molar-refractivity contribution in [2.75, 3.05) is 0 Å². The first kappa shape index (κ1) is 19.2. The van der Waals surface area contributed by atoms with E-state index in [9.17, 15) is 14.7 Å². The third-order valence-electron chi connectivity index (χ3n) is 9.13. The summed E-state index contributed by atoms with van der Waals surface area (Å²) in [7, 11) is 0. The standard InChI is InChI=1S/C23H34O4/c1-14(24)23(26)12-9-20-18-6-5-16-13-17(27-15(2)25)7-10-21(16,3)19(18)8-11-22(20,23)4/h5,17-20,26H,6-13H2,1-4H3/t17-,18+,19-,20+,21+,22+,23-/m0/s1. The summed E-state index contributed by atoms with van der Waals surface area (Å²) >= 11 is 0. The topological polar surface area (TPSA) is 63.6 Å². The van der Waals surface area contributed by atoms with E-state index in [-0.39, 0.29) is 28.7 Å². The molecule has 4 heteroatoms. The lowest BCUT2D eigenvalue weighted by molar-refractivity contribution is -0.160. The van der Waals surface area contributed by atoms with Crippen molar-refractivity contribution in [1.82, 2.24) is 0 Å². The molecule has 3 saturated carbocycles. The molecule has 1 N–H and O–H groups in total. The van der Waals surface area contributed by atoms with Crippen LogP contribution in [-0.4, -0.2) is 28.6 Å². The number of fused-ring (bicyclic) bond motifs is 5. The monoisotopic (exact) mass is 374 g/mol. The van der Waals surface area contributed by atoms with E-state index in [4.69, 9.17) is 4.74 Å². The average Bonchev–Trinajstić information content (AvgIpc) is 2.87. The van der Waals surface area contributed by atoms with Gasteiger partial charge in [-0.1, -0.05) is 25.5 Å². The lowest BCUT2D eigenvalue weighted by Crippen LogP contribution is -2.57. The summed E-state index contributed by atoms with van der Waals surface area (Å²) in [4.78, 5) is 23.7. The van der Waals surface area contributed by atoms with Crippen molar-refractivity contribution in [3.8, 4) is 0 Å². The molecule has 0 unspecified atom stereocenters. The third kappa shape index (κ3) is 2.58. The van der Waals surface area contributed by atoms with Gasteiger partial charge in [-0.15, -0.1) is 0 Å². The molecule has 0 aromatic heterocycles. The highest BCUT2D eigenvalue weighted by molar-refractivity contribution is 5.86. The molecule has 27 heavy (non-hydrogen) atoms. The van der Waals surface area contributed by atoms with Gasteiger partial charge in [-0.25, -0.2) is 0 Å². The molecule has 4 nitrogen and oxygen atoms in total. The number of ether oxygens (including phenoxy) is 1. The van der Waals surface area contributed by atoms with Gasteiger partial charge in [0.15, 0.2) is 5.78 Å². The van der Waals surface area contributed by atoms with Crippen molar-refractivity contribution < 1.29 is 19.4 Å². The fourth-order valence-electron chi connectivity index (χ4n) is 7.56. The molecule has 4 aliphatic carbocycles. The van der Waals surface area contributed by atoms with E-state index in [1.54, 1.807) is 6.92 Å². The van der Waals surface area contributed by atoms with Gasteiger partial charge in [0.1, 0.15) is 11.7 Å². The number of Topliss-reactive ketones (excluding diaryl/α,β-unsaturated/α-hetero) is 1. The van der Waals surface area contributed by atoms with Crippen LogP contribution in [0.5, 0.6) is 0 Å². The van der Waals surface area contributed by atoms with Crippen LogP contribution in [0.15, 0.2) is 11.6 Å². The maximum atomic E-state index is 12.3. The molecule has 0 radical (unpaired) electrons. The third-order valence-corrected chi connectivity index (χ3v) is 9.13. The summed E-state index contributed by atoms with van der Waals surface area (Å²) in [6.07, 6.45) is 9.96. The van der Waals surface area contributed by atoms with E-state index in [0.29, 0.717) is 24.2 Å². The first-order valence-electron chi connectivity index (χ1n) is 10.7. The number of carbonyl (C=O) groups is 2. The number of aliphatic hydroxyl groups is 1. The Kier molecular flexibility index (Phi) is 4.38. The number of esters is 1. The zero-order valence-corrected chi connectivity index (χ0v) is 17.2. The van der Waals surface area contributed by atoms with Gasteiger partial charge in [0.2, 0.25) is 0 Å². The maximum Gasteiger partial charge on any atom is 0.302 e. The second kappa shape index (κ2) is 6.17. The summed E-state index contributed by atoms with van der Waals surface area (Å²) < 4.78 is 5.51. The fourth-order valence-corrected chi connectivity index (χ4v) is 7.56. The quantitative estimate of drug-likeness (QED) is 0.581. The number of ketones is 1. The van der Waals surface area contributed by atoms with Crippen molar-refractivity contribution in [3.63, 3.8) is 0 Å². The van der Waals surface area contributed by atoms with Crippen LogP contribution in [0, 0.1) is 28.6 Å². The van der Waals surface area contributed by atoms with E-state index in [1.807, 2.05) is 0 Å². The highest BCUT2D eigenvalue weighted by atomic mass is 16.5. The van der Waals surface area contributed by atoms with Crippen LogP contribution in [-0.2, 0) is 14.3 Å². The van der Waals surface area contributed by atoms with Gasteiger partial charge in [0.25, 0.3) is 0 Å². The number of allylic oxidation sites excluding steroid dienone is 1. The Bertz CT molecular complexity index is 696. The molecule has 3 fully saturated rings.